The van der Waals surface area contributed by atoms with Gasteiger partial charge >= 0.3 is 0 Å². The van der Waals surface area contributed by atoms with Crippen LogP contribution in [0, 0.1) is 0 Å². The van der Waals surface area contributed by atoms with Crippen LogP contribution in [0.15, 0.2) is 0 Å². The van der Waals surface area contributed by atoms with Crippen LogP contribution in [0.1, 0.15) is 25.7 Å². The van der Waals surface area contributed by atoms with Gasteiger partial charge in [-0.15, -0.1) is 0 Å². The average molecular weight is 218 g/mol. The van der Waals surface area contributed by atoms with Gasteiger partial charge in [-0.05, 0) is 44.9 Å². The Bertz CT molecular complexity index is 142. The Hall–Kier alpha value is -0.220. The second-order valence-electron chi connectivity index (χ2n) is 3.26. The van der Waals surface area contributed by atoms with Crippen molar-refractivity contribution in [3.05, 3.63) is 0 Å². The van der Waals surface area contributed by atoms with E-state index in [9.17, 15) is 4.79 Å². The van der Waals surface area contributed by atoms with Crippen molar-refractivity contribution in [2.45, 2.75) is 25.7 Å². The summed E-state index contributed by atoms with van der Waals surface area (Å²) in [5, 5.41) is 5.95. The molecule has 0 saturated carbocycles. The molecule has 0 aromatic carbocycles. The molecule has 0 bridgehead atoms. The number of unbranched alkanes of at least 4 members (excludes halogenated alkanes) is 1. The van der Waals surface area contributed by atoms with Gasteiger partial charge in [0.25, 0.3) is 0 Å². The van der Waals surface area contributed by atoms with Crippen LogP contribution in [0.25, 0.3) is 0 Å². The van der Waals surface area contributed by atoms with Gasteiger partial charge in [-0.2, -0.15) is 11.8 Å². The molecule has 0 unspecified atom stereocenters. The molecule has 84 valence electrons. The summed E-state index contributed by atoms with van der Waals surface area (Å²) in [4.78, 5) is 11.2. The van der Waals surface area contributed by atoms with Gasteiger partial charge < -0.3 is 10.6 Å². The van der Waals surface area contributed by atoms with Gasteiger partial charge in [-0.25, -0.2) is 0 Å². The maximum absolute atomic E-state index is 11.2. The predicted octanol–water partition coefficient (Wildman–Crippen LogP) is 1.25. The van der Waals surface area contributed by atoms with Crippen molar-refractivity contribution >= 4 is 17.7 Å². The van der Waals surface area contributed by atoms with Crippen molar-refractivity contribution in [1.29, 1.82) is 0 Å². The molecule has 14 heavy (non-hydrogen) atoms. The molecule has 0 aromatic heterocycles. The second-order valence-corrected chi connectivity index (χ2v) is 4.24. The Morgan fingerprint density at radius 3 is 2.64 bits per heavy atom. The summed E-state index contributed by atoms with van der Waals surface area (Å²) in [6.07, 6.45) is 5.96. The zero-order chi connectivity index (χ0) is 10.6. The van der Waals surface area contributed by atoms with Crippen LogP contribution in [-0.2, 0) is 4.79 Å². The zero-order valence-corrected chi connectivity index (χ0v) is 10.1. The highest BCUT2D eigenvalue weighted by atomic mass is 32.2. The molecule has 0 rings (SSSR count). The number of hydrogen-bond donors (Lipinski definition) is 2. The van der Waals surface area contributed by atoms with E-state index in [0.29, 0.717) is 6.42 Å². The normalized spacial score (nSPS) is 10.1. The number of carbonyl (C=O) groups excluding carboxylic acids is 1. The van der Waals surface area contributed by atoms with Crippen molar-refractivity contribution in [2.75, 3.05) is 32.1 Å². The maximum Gasteiger partial charge on any atom is 0.220 e. The monoisotopic (exact) mass is 218 g/mol. The molecule has 0 aliphatic heterocycles. The highest BCUT2D eigenvalue weighted by Gasteiger charge is 1.98. The van der Waals surface area contributed by atoms with E-state index in [4.69, 9.17) is 0 Å². The first kappa shape index (κ1) is 13.8. The molecule has 2 N–H and O–H groups in total. The van der Waals surface area contributed by atoms with Crippen molar-refractivity contribution in [1.82, 2.24) is 10.6 Å². The first-order valence-electron chi connectivity index (χ1n) is 5.21. The van der Waals surface area contributed by atoms with E-state index in [1.165, 1.54) is 12.2 Å². The van der Waals surface area contributed by atoms with Crippen molar-refractivity contribution in [3.63, 3.8) is 0 Å². The third-order valence-electron chi connectivity index (χ3n) is 1.93. The molecular formula is C10H22N2OS. The third-order valence-corrected chi connectivity index (χ3v) is 2.62. The van der Waals surface area contributed by atoms with Crippen LogP contribution >= 0.6 is 11.8 Å². The van der Waals surface area contributed by atoms with E-state index in [0.717, 1.165) is 25.9 Å². The molecule has 4 heteroatoms. The number of amides is 1. The highest BCUT2D eigenvalue weighted by molar-refractivity contribution is 7.98. The van der Waals surface area contributed by atoms with Crippen LogP contribution < -0.4 is 10.6 Å². The van der Waals surface area contributed by atoms with Crippen LogP contribution in [0.5, 0.6) is 0 Å². The lowest BCUT2D eigenvalue weighted by Gasteiger charge is -2.04. The fourth-order valence-corrected chi connectivity index (χ4v) is 1.61. The van der Waals surface area contributed by atoms with E-state index in [2.05, 4.69) is 16.9 Å². The molecule has 0 aromatic rings. The van der Waals surface area contributed by atoms with E-state index >= 15 is 0 Å². The van der Waals surface area contributed by atoms with Gasteiger partial charge in [0.05, 0.1) is 0 Å². The Kier molecular flexibility index (Phi) is 10.7. The van der Waals surface area contributed by atoms with Crippen LogP contribution in [0.2, 0.25) is 0 Å². The van der Waals surface area contributed by atoms with Crippen LogP contribution in [-0.4, -0.2) is 38.1 Å². The third kappa shape index (κ3) is 9.86. The molecule has 0 aliphatic rings. The molecule has 0 heterocycles. The molecular weight excluding hydrogens is 196 g/mol. The largest absolute Gasteiger partial charge is 0.356 e. The Morgan fingerprint density at radius 2 is 2.00 bits per heavy atom. The molecule has 1 amide bonds. The van der Waals surface area contributed by atoms with Crippen LogP contribution in [0.3, 0.4) is 0 Å². The Balaban J connectivity index is 3.10. The molecule has 0 aliphatic carbocycles. The summed E-state index contributed by atoms with van der Waals surface area (Å²) in [5.74, 6) is 1.37. The summed E-state index contributed by atoms with van der Waals surface area (Å²) in [6.45, 7) is 1.75. The Labute approximate surface area is 91.4 Å². The number of hydrogen-bond acceptors (Lipinski definition) is 3. The second kappa shape index (κ2) is 10.9. The lowest BCUT2D eigenvalue weighted by atomic mass is 10.3. The van der Waals surface area contributed by atoms with Gasteiger partial charge in [-0.3, -0.25) is 4.79 Å². The van der Waals surface area contributed by atoms with E-state index in [-0.39, 0.29) is 5.91 Å². The summed E-state index contributed by atoms with van der Waals surface area (Å²) in [5.41, 5.74) is 0. The minimum absolute atomic E-state index is 0.185. The minimum Gasteiger partial charge on any atom is -0.356 e. The zero-order valence-electron chi connectivity index (χ0n) is 9.27. The highest BCUT2D eigenvalue weighted by Crippen LogP contribution is 1.98. The first-order valence-corrected chi connectivity index (χ1v) is 6.61. The smallest absolute Gasteiger partial charge is 0.220 e. The summed E-state index contributed by atoms with van der Waals surface area (Å²) in [7, 11) is 1.90. The van der Waals surface area contributed by atoms with Gasteiger partial charge in [0.2, 0.25) is 5.91 Å². The van der Waals surface area contributed by atoms with Crippen LogP contribution in [0.4, 0.5) is 0 Å². The van der Waals surface area contributed by atoms with Gasteiger partial charge in [0.15, 0.2) is 0 Å². The number of nitrogens with one attached hydrogen (secondary N) is 2. The quantitative estimate of drug-likeness (QED) is 0.572. The topological polar surface area (TPSA) is 41.1 Å². The van der Waals surface area contributed by atoms with Crippen molar-refractivity contribution < 1.29 is 4.79 Å². The fourth-order valence-electron chi connectivity index (χ4n) is 1.11. The summed E-state index contributed by atoms with van der Waals surface area (Å²) in [6, 6.07) is 0. The summed E-state index contributed by atoms with van der Waals surface area (Å²) >= 11 is 1.86. The lowest BCUT2D eigenvalue weighted by Crippen LogP contribution is -2.25. The SMILES string of the molecule is CNCCCC(=O)NCCCCSC. The van der Waals surface area contributed by atoms with Gasteiger partial charge in [-0.1, -0.05) is 0 Å². The number of carbonyl (C=O) groups is 1. The van der Waals surface area contributed by atoms with E-state index in [1.54, 1.807) is 0 Å². The Morgan fingerprint density at radius 1 is 1.21 bits per heavy atom. The van der Waals surface area contributed by atoms with Gasteiger partial charge in [0, 0.05) is 13.0 Å². The standard InChI is InChI=1S/C10H22N2OS/c1-11-7-5-6-10(13)12-8-3-4-9-14-2/h11H,3-9H2,1-2H3,(H,12,13). The minimum atomic E-state index is 0.185. The molecule has 0 saturated heterocycles. The van der Waals surface area contributed by atoms with E-state index < -0.39 is 0 Å². The first-order chi connectivity index (χ1) is 6.81. The predicted molar refractivity (Wildman–Crippen MR) is 63.8 cm³/mol. The summed E-state index contributed by atoms with van der Waals surface area (Å²) < 4.78 is 0. The van der Waals surface area contributed by atoms with Crippen molar-refractivity contribution in [3.8, 4) is 0 Å². The van der Waals surface area contributed by atoms with E-state index in [1.807, 2.05) is 18.8 Å². The van der Waals surface area contributed by atoms with Crippen molar-refractivity contribution in [2.24, 2.45) is 0 Å². The molecule has 0 spiro atoms. The molecule has 0 fully saturated rings. The number of rotatable bonds is 9. The lowest BCUT2D eigenvalue weighted by molar-refractivity contribution is -0.121. The molecule has 0 radical (unpaired) electrons. The maximum atomic E-state index is 11.2. The molecule has 0 atom stereocenters. The number of thioether (sulfide) groups is 1. The fraction of sp³-hybridized carbons (Fsp3) is 0.900. The molecule has 3 nitrogen and oxygen atoms in total. The average Bonchev–Trinajstić information content (AvgIpc) is 2.18. The van der Waals surface area contributed by atoms with Gasteiger partial charge in [0.1, 0.15) is 0 Å².